The van der Waals surface area contributed by atoms with Crippen LogP contribution in [0.1, 0.15) is 12.6 Å². The van der Waals surface area contributed by atoms with Crippen LogP contribution in [0.5, 0.6) is 0 Å². The van der Waals surface area contributed by atoms with Crippen LogP contribution < -0.4 is 10.6 Å². The lowest BCUT2D eigenvalue weighted by Crippen LogP contribution is -2.26. The summed E-state index contributed by atoms with van der Waals surface area (Å²) < 4.78 is 13.7. The normalized spacial score (nSPS) is 10.4. The van der Waals surface area contributed by atoms with Gasteiger partial charge in [-0.25, -0.2) is 4.39 Å². The maximum Gasteiger partial charge on any atom is 0.146 e. The van der Waals surface area contributed by atoms with Crippen molar-refractivity contribution in [3.63, 3.8) is 0 Å². The molecule has 0 saturated heterocycles. The number of pyridine rings is 1. The number of anilines is 2. The van der Waals surface area contributed by atoms with Crippen LogP contribution >= 0.6 is 0 Å². The van der Waals surface area contributed by atoms with Crippen LogP contribution in [-0.2, 0) is 6.42 Å². The molecular weight excluding hydrogens is 241 g/mol. The lowest BCUT2D eigenvalue weighted by molar-refractivity contribution is 0.617. The minimum absolute atomic E-state index is 0.186. The Morgan fingerprint density at radius 1 is 1.21 bits per heavy atom. The smallest absolute Gasteiger partial charge is 0.146 e. The molecule has 2 rings (SSSR count). The van der Waals surface area contributed by atoms with E-state index in [0.717, 1.165) is 25.2 Å². The maximum atomic E-state index is 13.7. The van der Waals surface area contributed by atoms with Crippen molar-refractivity contribution in [2.45, 2.75) is 13.3 Å². The summed E-state index contributed by atoms with van der Waals surface area (Å²) in [5.74, 6) is -0.186. The monoisotopic (exact) mass is 259 g/mol. The van der Waals surface area contributed by atoms with Crippen molar-refractivity contribution >= 4 is 11.4 Å². The number of benzene rings is 1. The molecule has 3 nitrogen and oxygen atoms in total. The second kappa shape index (κ2) is 6.18. The third-order valence-corrected chi connectivity index (χ3v) is 3.06. The molecule has 0 fully saturated rings. The number of para-hydroxylation sites is 1. The largest absolute Gasteiger partial charge is 0.397 e. The van der Waals surface area contributed by atoms with E-state index in [-0.39, 0.29) is 5.82 Å². The molecule has 100 valence electrons. The van der Waals surface area contributed by atoms with Gasteiger partial charge in [0.2, 0.25) is 0 Å². The Morgan fingerprint density at radius 2 is 2.00 bits per heavy atom. The molecule has 1 aromatic heterocycles. The summed E-state index contributed by atoms with van der Waals surface area (Å²) >= 11 is 0. The SMILES string of the molecule is CCN(CCc1ccc(N)cn1)c1ccccc1F. The van der Waals surface area contributed by atoms with Gasteiger partial charge in [-0.3, -0.25) is 4.98 Å². The molecule has 1 heterocycles. The molecule has 0 amide bonds. The number of aromatic nitrogens is 1. The first-order chi connectivity index (χ1) is 9.20. The Kier molecular flexibility index (Phi) is 4.34. The zero-order valence-corrected chi connectivity index (χ0v) is 11.0. The van der Waals surface area contributed by atoms with Crippen LogP contribution in [0.2, 0.25) is 0 Å². The first-order valence-electron chi connectivity index (χ1n) is 6.40. The molecule has 2 N–H and O–H groups in total. The first-order valence-corrected chi connectivity index (χ1v) is 6.40. The average Bonchev–Trinajstić information content (AvgIpc) is 2.43. The quantitative estimate of drug-likeness (QED) is 0.897. The van der Waals surface area contributed by atoms with E-state index < -0.39 is 0 Å². The summed E-state index contributed by atoms with van der Waals surface area (Å²) in [6.07, 6.45) is 2.41. The van der Waals surface area contributed by atoms with Gasteiger partial charge in [-0.1, -0.05) is 12.1 Å². The van der Waals surface area contributed by atoms with Gasteiger partial charge >= 0.3 is 0 Å². The number of rotatable bonds is 5. The summed E-state index contributed by atoms with van der Waals surface area (Å²) in [4.78, 5) is 6.26. The highest BCUT2D eigenvalue weighted by Crippen LogP contribution is 2.18. The third kappa shape index (κ3) is 3.44. The summed E-state index contributed by atoms with van der Waals surface area (Å²) in [6, 6.07) is 10.6. The first kappa shape index (κ1) is 13.3. The minimum atomic E-state index is -0.186. The van der Waals surface area contributed by atoms with Crippen molar-refractivity contribution < 1.29 is 4.39 Å². The Labute approximate surface area is 112 Å². The fourth-order valence-corrected chi connectivity index (χ4v) is 1.99. The fourth-order valence-electron chi connectivity index (χ4n) is 1.99. The van der Waals surface area contributed by atoms with Crippen molar-refractivity contribution in [2.75, 3.05) is 23.7 Å². The molecule has 0 bridgehead atoms. The molecule has 0 radical (unpaired) electrons. The van der Waals surface area contributed by atoms with Crippen LogP contribution in [-0.4, -0.2) is 18.1 Å². The standard InChI is InChI=1S/C15H18FN3/c1-2-19(15-6-4-3-5-14(15)16)10-9-13-8-7-12(17)11-18-13/h3-8,11H,2,9-10,17H2,1H3. The Bertz CT molecular complexity index is 525. The summed E-state index contributed by atoms with van der Waals surface area (Å²) in [5, 5.41) is 0. The Hall–Kier alpha value is -2.10. The molecule has 0 saturated carbocycles. The van der Waals surface area contributed by atoms with Gasteiger partial charge in [-0.15, -0.1) is 0 Å². The highest BCUT2D eigenvalue weighted by molar-refractivity contribution is 5.47. The van der Waals surface area contributed by atoms with Crippen LogP contribution in [0, 0.1) is 5.82 Å². The number of hydrogen-bond donors (Lipinski definition) is 1. The van der Waals surface area contributed by atoms with E-state index in [9.17, 15) is 4.39 Å². The third-order valence-electron chi connectivity index (χ3n) is 3.06. The summed E-state index contributed by atoms with van der Waals surface area (Å²) in [7, 11) is 0. The molecule has 19 heavy (non-hydrogen) atoms. The van der Waals surface area contributed by atoms with Gasteiger partial charge in [0.15, 0.2) is 0 Å². The molecule has 0 unspecified atom stereocenters. The van der Waals surface area contributed by atoms with Crippen molar-refractivity contribution in [1.82, 2.24) is 4.98 Å². The van der Waals surface area contributed by atoms with Gasteiger partial charge < -0.3 is 10.6 Å². The lowest BCUT2D eigenvalue weighted by atomic mass is 10.2. The Balaban J connectivity index is 2.04. The summed E-state index contributed by atoms with van der Waals surface area (Å²) in [6.45, 7) is 3.51. The van der Waals surface area contributed by atoms with E-state index in [1.165, 1.54) is 6.07 Å². The molecule has 1 aromatic carbocycles. The van der Waals surface area contributed by atoms with Crippen molar-refractivity contribution in [3.05, 3.63) is 54.1 Å². The fraction of sp³-hybridized carbons (Fsp3) is 0.267. The van der Waals surface area contributed by atoms with Crippen LogP contribution in [0.15, 0.2) is 42.6 Å². The molecule has 0 aliphatic heterocycles. The zero-order chi connectivity index (χ0) is 13.7. The second-order valence-corrected chi connectivity index (χ2v) is 4.36. The van der Waals surface area contributed by atoms with Gasteiger partial charge in [0.05, 0.1) is 17.6 Å². The molecule has 2 aromatic rings. The average molecular weight is 259 g/mol. The van der Waals surface area contributed by atoms with Crippen molar-refractivity contribution in [1.29, 1.82) is 0 Å². The highest BCUT2D eigenvalue weighted by atomic mass is 19.1. The zero-order valence-electron chi connectivity index (χ0n) is 11.0. The lowest BCUT2D eigenvalue weighted by Gasteiger charge is -2.23. The van der Waals surface area contributed by atoms with Crippen molar-refractivity contribution in [3.8, 4) is 0 Å². The predicted octanol–water partition coefficient (Wildman–Crippen LogP) is 2.87. The molecule has 0 atom stereocenters. The van der Waals surface area contributed by atoms with E-state index >= 15 is 0 Å². The predicted molar refractivity (Wildman–Crippen MR) is 76.6 cm³/mol. The minimum Gasteiger partial charge on any atom is -0.397 e. The summed E-state index contributed by atoms with van der Waals surface area (Å²) in [5.41, 5.74) is 7.86. The van der Waals surface area contributed by atoms with E-state index in [1.54, 1.807) is 18.3 Å². The molecule has 0 spiro atoms. The topological polar surface area (TPSA) is 42.1 Å². The van der Waals surface area contributed by atoms with Crippen LogP contribution in [0.25, 0.3) is 0 Å². The van der Waals surface area contributed by atoms with E-state index in [1.807, 2.05) is 30.0 Å². The van der Waals surface area contributed by atoms with E-state index in [2.05, 4.69) is 4.98 Å². The van der Waals surface area contributed by atoms with Crippen LogP contribution in [0.3, 0.4) is 0 Å². The van der Waals surface area contributed by atoms with Crippen molar-refractivity contribution in [2.24, 2.45) is 0 Å². The second-order valence-electron chi connectivity index (χ2n) is 4.36. The van der Waals surface area contributed by atoms with E-state index in [4.69, 9.17) is 5.73 Å². The highest BCUT2D eigenvalue weighted by Gasteiger charge is 2.09. The molecule has 0 aliphatic rings. The van der Waals surface area contributed by atoms with Gasteiger partial charge in [0.1, 0.15) is 5.82 Å². The number of nitrogen functional groups attached to an aromatic ring is 1. The number of nitrogens with zero attached hydrogens (tertiary/aromatic N) is 2. The van der Waals surface area contributed by atoms with E-state index in [0.29, 0.717) is 11.4 Å². The number of hydrogen-bond acceptors (Lipinski definition) is 3. The maximum absolute atomic E-state index is 13.7. The number of nitrogens with two attached hydrogens (primary N) is 1. The van der Waals surface area contributed by atoms with Gasteiger partial charge in [0.25, 0.3) is 0 Å². The molecule has 4 heteroatoms. The van der Waals surface area contributed by atoms with Gasteiger partial charge in [-0.2, -0.15) is 0 Å². The Morgan fingerprint density at radius 3 is 2.63 bits per heavy atom. The number of likely N-dealkylation sites (N-methyl/N-ethyl adjacent to an activating group) is 1. The van der Waals surface area contributed by atoms with Gasteiger partial charge in [0, 0.05) is 25.2 Å². The van der Waals surface area contributed by atoms with Crippen LogP contribution in [0.4, 0.5) is 15.8 Å². The molecule has 0 aliphatic carbocycles. The number of halogens is 1. The van der Waals surface area contributed by atoms with Gasteiger partial charge in [-0.05, 0) is 31.2 Å². The molecular formula is C15H18FN3.